The molecule has 0 unspecified atom stereocenters. The van der Waals surface area contributed by atoms with Crippen molar-refractivity contribution in [1.82, 2.24) is 10.2 Å². The molecule has 15 heavy (non-hydrogen) atoms. The molecule has 1 heterocycles. The van der Waals surface area contributed by atoms with E-state index in [0.29, 0.717) is 6.04 Å². The highest BCUT2D eigenvalue weighted by Gasteiger charge is 2.23. The number of hydrogen-bond acceptors (Lipinski definition) is 2. The van der Waals surface area contributed by atoms with E-state index in [4.69, 9.17) is 6.42 Å². The molecule has 0 radical (unpaired) electrons. The molecule has 0 bridgehead atoms. The van der Waals surface area contributed by atoms with Gasteiger partial charge in [-0.3, -0.25) is 4.79 Å². The fourth-order valence-corrected chi connectivity index (χ4v) is 2.06. The van der Waals surface area contributed by atoms with Crippen LogP contribution in [0.4, 0.5) is 0 Å². The Bertz CT molecular complexity index is 238. The Balaban J connectivity index is 2.55. The number of amides is 1. The maximum absolute atomic E-state index is 11.8. The molecule has 1 saturated heterocycles. The molecule has 1 amide bonds. The Kier molecular flexibility index (Phi) is 5.20. The summed E-state index contributed by atoms with van der Waals surface area (Å²) in [6.45, 7) is 4.95. The molecule has 3 heteroatoms. The predicted octanol–water partition coefficient (Wildman–Crippen LogP) is 1.00. The maximum atomic E-state index is 11.8. The number of piperidine rings is 1. The monoisotopic (exact) mass is 208 g/mol. The second-order valence-corrected chi connectivity index (χ2v) is 3.95. The Labute approximate surface area is 92.2 Å². The van der Waals surface area contributed by atoms with E-state index in [1.165, 1.54) is 0 Å². The van der Waals surface area contributed by atoms with E-state index in [9.17, 15) is 4.79 Å². The average molecular weight is 208 g/mol. The predicted molar refractivity (Wildman–Crippen MR) is 61.3 cm³/mol. The Morgan fingerprint density at radius 3 is 2.73 bits per heavy atom. The molecular formula is C12H20N2O. The lowest BCUT2D eigenvalue weighted by Gasteiger charge is -2.34. The largest absolute Gasteiger partial charge is 0.339 e. The summed E-state index contributed by atoms with van der Waals surface area (Å²) in [5.41, 5.74) is 0. The van der Waals surface area contributed by atoms with Crippen molar-refractivity contribution in [2.24, 2.45) is 0 Å². The summed E-state index contributed by atoms with van der Waals surface area (Å²) in [7, 11) is 0. The third kappa shape index (κ3) is 3.56. The average Bonchev–Trinajstić information content (AvgIpc) is 2.27. The number of nitrogens with one attached hydrogen (secondary N) is 1. The first-order chi connectivity index (χ1) is 7.29. The van der Waals surface area contributed by atoms with E-state index >= 15 is 0 Å². The summed E-state index contributed by atoms with van der Waals surface area (Å²) in [5.74, 6) is 2.56. The van der Waals surface area contributed by atoms with E-state index in [0.717, 1.165) is 38.9 Å². The molecule has 84 valence electrons. The van der Waals surface area contributed by atoms with Crippen LogP contribution in [0.5, 0.6) is 0 Å². The van der Waals surface area contributed by atoms with Gasteiger partial charge in [-0.25, -0.2) is 0 Å². The highest BCUT2D eigenvalue weighted by Crippen LogP contribution is 2.13. The van der Waals surface area contributed by atoms with Gasteiger partial charge in [-0.1, -0.05) is 12.8 Å². The van der Waals surface area contributed by atoms with Crippen LogP contribution in [0.3, 0.4) is 0 Å². The van der Waals surface area contributed by atoms with E-state index < -0.39 is 0 Å². The van der Waals surface area contributed by atoms with Gasteiger partial charge >= 0.3 is 0 Å². The van der Waals surface area contributed by atoms with Crippen molar-refractivity contribution >= 4 is 5.91 Å². The van der Waals surface area contributed by atoms with Gasteiger partial charge in [-0.2, -0.15) is 0 Å². The first-order valence-corrected chi connectivity index (χ1v) is 5.73. The normalized spacial score (nSPS) is 17.1. The van der Waals surface area contributed by atoms with Gasteiger partial charge < -0.3 is 10.2 Å². The highest BCUT2D eigenvalue weighted by molar-refractivity contribution is 5.78. The Morgan fingerprint density at radius 2 is 2.20 bits per heavy atom. The third-order valence-electron chi connectivity index (χ3n) is 2.79. The van der Waals surface area contributed by atoms with Crippen LogP contribution in [0.15, 0.2) is 0 Å². The second-order valence-electron chi connectivity index (χ2n) is 3.95. The minimum atomic E-state index is 0.117. The Hall–Kier alpha value is -1.01. The lowest BCUT2D eigenvalue weighted by molar-refractivity contribution is -0.133. The molecule has 3 nitrogen and oxygen atoms in total. The molecule has 1 rings (SSSR count). The third-order valence-corrected chi connectivity index (χ3v) is 2.79. The molecule has 0 aromatic rings. The van der Waals surface area contributed by atoms with E-state index in [-0.39, 0.29) is 12.3 Å². The van der Waals surface area contributed by atoms with Gasteiger partial charge in [0.05, 0.1) is 6.42 Å². The van der Waals surface area contributed by atoms with Crippen molar-refractivity contribution in [1.29, 1.82) is 0 Å². The molecule has 0 aliphatic carbocycles. The maximum Gasteiger partial charge on any atom is 0.234 e. The molecule has 1 aliphatic heterocycles. The number of carbonyl (C=O) groups excluding carboxylic acids is 1. The molecular weight excluding hydrogens is 188 g/mol. The van der Waals surface area contributed by atoms with Gasteiger partial charge in [0, 0.05) is 12.6 Å². The van der Waals surface area contributed by atoms with Crippen LogP contribution in [0.25, 0.3) is 0 Å². The van der Waals surface area contributed by atoms with Crippen LogP contribution in [-0.4, -0.2) is 36.5 Å². The smallest absolute Gasteiger partial charge is 0.234 e. The number of hydrogen-bond donors (Lipinski definition) is 1. The zero-order chi connectivity index (χ0) is 11.1. The van der Waals surface area contributed by atoms with Crippen LogP contribution in [0.2, 0.25) is 0 Å². The molecule has 1 fully saturated rings. The molecule has 1 N–H and O–H groups in total. The van der Waals surface area contributed by atoms with E-state index in [1.54, 1.807) is 0 Å². The molecule has 0 aromatic carbocycles. The molecule has 0 atom stereocenters. The van der Waals surface area contributed by atoms with Crippen LogP contribution in [0.1, 0.15) is 32.6 Å². The first-order valence-electron chi connectivity index (χ1n) is 5.73. The standard InChI is InChI=1S/C12H20N2O/c1-3-5-12(15)14(10-4-2)11-6-8-13-9-7-11/h1,11,13H,4-10H2,2H3. The zero-order valence-corrected chi connectivity index (χ0v) is 9.46. The van der Waals surface area contributed by atoms with Crippen molar-refractivity contribution in [3.8, 4) is 12.3 Å². The first kappa shape index (κ1) is 12.1. The summed E-state index contributed by atoms with van der Waals surface area (Å²) in [4.78, 5) is 13.8. The minimum absolute atomic E-state index is 0.117. The SMILES string of the molecule is C#CCC(=O)N(CCC)C1CCNCC1. The molecule has 0 spiro atoms. The number of carbonyl (C=O) groups is 1. The van der Waals surface area contributed by atoms with Crippen LogP contribution < -0.4 is 5.32 Å². The van der Waals surface area contributed by atoms with Gasteiger partial charge in [-0.15, -0.1) is 6.42 Å². The summed E-state index contributed by atoms with van der Waals surface area (Å²) >= 11 is 0. The summed E-state index contributed by atoms with van der Waals surface area (Å²) in [6.07, 6.45) is 8.53. The van der Waals surface area contributed by atoms with Crippen LogP contribution >= 0.6 is 0 Å². The molecule has 0 saturated carbocycles. The molecule has 1 aliphatic rings. The number of terminal acetylenes is 1. The topological polar surface area (TPSA) is 32.3 Å². The van der Waals surface area contributed by atoms with Crippen molar-refractivity contribution in [3.05, 3.63) is 0 Å². The van der Waals surface area contributed by atoms with Crippen molar-refractivity contribution < 1.29 is 4.79 Å². The van der Waals surface area contributed by atoms with Crippen LogP contribution in [0, 0.1) is 12.3 Å². The van der Waals surface area contributed by atoms with Gasteiger partial charge in [0.25, 0.3) is 0 Å². The molecule has 0 aromatic heterocycles. The van der Waals surface area contributed by atoms with E-state index in [2.05, 4.69) is 18.2 Å². The number of rotatable bonds is 4. The number of nitrogens with zero attached hydrogens (tertiary/aromatic N) is 1. The summed E-state index contributed by atoms with van der Waals surface area (Å²) < 4.78 is 0. The van der Waals surface area contributed by atoms with Crippen molar-refractivity contribution in [2.75, 3.05) is 19.6 Å². The zero-order valence-electron chi connectivity index (χ0n) is 9.46. The Morgan fingerprint density at radius 1 is 1.53 bits per heavy atom. The van der Waals surface area contributed by atoms with Gasteiger partial charge in [0.1, 0.15) is 0 Å². The second kappa shape index (κ2) is 6.47. The van der Waals surface area contributed by atoms with Crippen LogP contribution in [-0.2, 0) is 4.79 Å². The lowest BCUT2D eigenvalue weighted by atomic mass is 10.0. The minimum Gasteiger partial charge on any atom is -0.339 e. The van der Waals surface area contributed by atoms with E-state index in [1.807, 2.05) is 4.90 Å². The lowest BCUT2D eigenvalue weighted by Crippen LogP contribution is -2.46. The van der Waals surface area contributed by atoms with Gasteiger partial charge in [0.15, 0.2) is 0 Å². The fraction of sp³-hybridized carbons (Fsp3) is 0.750. The van der Waals surface area contributed by atoms with Crippen molar-refractivity contribution in [2.45, 2.75) is 38.6 Å². The summed E-state index contributed by atoms with van der Waals surface area (Å²) in [5, 5.41) is 3.30. The summed E-state index contributed by atoms with van der Waals surface area (Å²) in [6, 6.07) is 0.395. The highest BCUT2D eigenvalue weighted by atomic mass is 16.2. The van der Waals surface area contributed by atoms with Gasteiger partial charge in [-0.05, 0) is 32.4 Å². The fourth-order valence-electron chi connectivity index (χ4n) is 2.06. The quantitative estimate of drug-likeness (QED) is 0.699. The van der Waals surface area contributed by atoms with Gasteiger partial charge in [0.2, 0.25) is 5.91 Å². The van der Waals surface area contributed by atoms with Crippen molar-refractivity contribution in [3.63, 3.8) is 0 Å².